The van der Waals surface area contributed by atoms with Gasteiger partial charge in [-0.1, -0.05) is 24.6 Å². The Kier molecular flexibility index (Phi) is 5.88. The number of hydrogen-bond acceptors (Lipinski definition) is 5. The number of unbranched alkanes of at least 4 members (excludes halogenated alkanes) is 2. The largest absolute Gasteiger partial charge is 0.360 e. The summed E-state index contributed by atoms with van der Waals surface area (Å²) in [6.07, 6.45) is 3.66. The molecule has 1 heterocycles. The number of aromatic nitrogens is 2. The lowest BCUT2D eigenvalue weighted by atomic mass is 10.1. The van der Waals surface area contributed by atoms with Gasteiger partial charge in [0.1, 0.15) is 11.6 Å². The van der Waals surface area contributed by atoms with Crippen LogP contribution in [-0.2, 0) is 6.42 Å². The maximum absolute atomic E-state index is 13.5. The van der Waals surface area contributed by atoms with Crippen molar-refractivity contribution in [3.63, 3.8) is 0 Å². The van der Waals surface area contributed by atoms with Gasteiger partial charge in [0.15, 0.2) is 0 Å². The van der Waals surface area contributed by atoms with Crippen LogP contribution in [0.25, 0.3) is 0 Å². The second-order valence-electron chi connectivity index (χ2n) is 4.56. The first-order chi connectivity index (χ1) is 9.79. The molecule has 0 aliphatic heterocycles. The minimum atomic E-state index is -0.210. The molecule has 2 aromatic rings. The average Bonchev–Trinajstić information content (AvgIpc) is 2.89. The second kappa shape index (κ2) is 7.91. The first kappa shape index (κ1) is 14.9. The summed E-state index contributed by atoms with van der Waals surface area (Å²) in [5, 5.41) is 4.03. The summed E-state index contributed by atoms with van der Waals surface area (Å²) >= 11 is 1.32. The molecule has 2 rings (SSSR count). The molecule has 3 N–H and O–H groups in total. The maximum Gasteiger partial charge on any atom is 0.202 e. The van der Waals surface area contributed by atoms with E-state index in [1.165, 1.54) is 17.6 Å². The summed E-state index contributed by atoms with van der Waals surface area (Å²) in [6, 6.07) is 6.72. The van der Waals surface area contributed by atoms with Crippen molar-refractivity contribution in [1.82, 2.24) is 9.36 Å². The highest BCUT2D eigenvalue weighted by atomic mass is 32.1. The number of nitrogens with one attached hydrogen (secondary N) is 1. The normalized spacial score (nSPS) is 10.7. The van der Waals surface area contributed by atoms with Crippen LogP contribution in [0.15, 0.2) is 24.3 Å². The molecule has 0 spiro atoms. The average molecular weight is 294 g/mol. The van der Waals surface area contributed by atoms with E-state index in [2.05, 4.69) is 14.7 Å². The zero-order valence-corrected chi connectivity index (χ0v) is 12.1. The Hall–Kier alpha value is -1.53. The van der Waals surface area contributed by atoms with Crippen LogP contribution >= 0.6 is 11.5 Å². The van der Waals surface area contributed by atoms with Gasteiger partial charge in [0.2, 0.25) is 5.13 Å². The third kappa shape index (κ3) is 4.54. The van der Waals surface area contributed by atoms with Gasteiger partial charge in [-0.25, -0.2) is 9.37 Å². The first-order valence-electron chi connectivity index (χ1n) is 6.79. The highest BCUT2D eigenvalue weighted by molar-refractivity contribution is 7.09. The molecular weight excluding hydrogens is 275 g/mol. The molecule has 1 aromatic carbocycles. The van der Waals surface area contributed by atoms with Crippen LogP contribution in [0.1, 0.15) is 30.7 Å². The molecule has 20 heavy (non-hydrogen) atoms. The van der Waals surface area contributed by atoms with Crippen LogP contribution in [0.2, 0.25) is 0 Å². The van der Waals surface area contributed by atoms with Crippen LogP contribution in [0.4, 0.5) is 9.52 Å². The van der Waals surface area contributed by atoms with E-state index in [9.17, 15) is 4.39 Å². The van der Waals surface area contributed by atoms with E-state index >= 15 is 0 Å². The Morgan fingerprint density at radius 1 is 1.20 bits per heavy atom. The van der Waals surface area contributed by atoms with Crippen molar-refractivity contribution < 1.29 is 4.39 Å². The van der Waals surface area contributed by atoms with Gasteiger partial charge in [0.25, 0.3) is 0 Å². The Morgan fingerprint density at radius 2 is 2.05 bits per heavy atom. The van der Waals surface area contributed by atoms with E-state index < -0.39 is 0 Å². The molecular formula is C14H19FN4S. The van der Waals surface area contributed by atoms with Crippen LogP contribution in [0, 0.1) is 5.82 Å². The zero-order chi connectivity index (χ0) is 14.2. The van der Waals surface area contributed by atoms with Gasteiger partial charge in [-0.05, 0) is 31.0 Å². The predicted molar refractivity (Wildman–Crippen MR) is 80.5 cm³/mol. The number of hydrogen-bond donors (Lipinski definition) is 2. The van der Waals surface area contributed by atoms with Gasteiger partial charge in [0, 0.05) is 24.5 Å². The number of rotatable bonds is 8. The number of halogens is 1. The Balaban J connectivity index is 1.82. The van der Waals surface area contributed by atoms with E-state index in [0.717, 1.165) is 37.5 Å². The van der Waals surface area contributed by atoms with Crippen molar-refractivity contribution >= 4 is 16.7 Å². The topological polar surface area (TPSA) is 63.8 Å². The third-order valence-corrected chi connectivity index (χ3v) is 3.64. The number of anilines is 1. The fourth-order valence-corrected chi connectivity index (χ4v) is 2.46. The van der Waals surface area contributed by atoms with Gasteiger partial charge in [0.05, 0.1) is 0 Å². The fourth-order valence-electron chi connectivity index (χ4n) is 1.85. The second-order valence-corrected chi connectivity index (χ2v) is 5.31. The van der Waals surface area contributed by atoms with E-state index in [1.54, 1.807) is 12.1 Å². The highest BCUT2D eigenvalue weighted by Crippen LogP contribution is 2.16. The van der Waals surface area contributed by atoms with Crippen molar-refractivity contribution in [2.75, 3.05) is 18.4 Å². The molecule has 4 nitrogen and oxygen atoms in total. The molecule has 0 bridgehead atoms. The maximum atomic E-state index is 13.5. The SMILES string of the molecule is NCCCCCNc1nc(Cc2ccccc2F)ns1. The van der Waals surface area contributed by atoms with Gasteiger partial charge in [-0.2, -0.15) is 4.37 Å². The number of nitrogens with two attached hydrogens (primary N) is 1. The minimum absolute atomic E-state index is 0.210. The summed E-state index contributed by atoms with van der Waals surface area (Å²) in [6.45, 7) is 1.61. The zero-order valence-electron chi connectivity index (χ0n) is 11.3. The van der Waals surface area contributed by atoms with Crippen molar-refractivity contribution in [2.24, 2.45) is 5.73 Å². The highest BCUT2D eigenvalue weighted by Gasteiger charge is 2.07. The van der Waals surface area contributed by atoms with E-state index in [1.807, 2.05) is 6.07 Å². The van der Waals surface area contributed by atoms with Crippen molar-refractivity contribution in [3.8, 4) is 0 Å². The number of benzene rings is 1. The summed E-state index contributed by atoms with van der Waals surface area (Å²) < 4.78 is 17.8. The van der Waals surface area contributed by atoms with Gasteiger partial charge < -0.3 is 11.1 Å². The Bertz CT molecular complexity index is 529. The molecule has 0 amide bonds. The molecule has 0 fully saturated rings. The molecule has 6 heteroatoms. The summed E-state index contributed by atoms with van der Waals surface area (Å²) in [5.41, 5.74) is 6.06. The fraction of sp³-hybridized carbons (Fsp3) is 0.429. The quantitative estimate of drug-likeness (QED) is 0.735. The monoisotopic (exact) mass is 294 g/mol. The molecule has 108 valence electrons. The van der Waals surface area contributed by atoms with E-state index in [-0.39, 0.29) is 5.82 Å². The van der Waals surface area contributed by atoms with Crippen molar-refractivity contribution in [1.29, 1.82) is 0 Å². The van der Waals surface area contributed by atoms with Crippen molar-refractivity contribution in [3.05, 3.63) is 41.5 Å². The van der Waals surface area contributed by atoms with Crippen LogP contribution < -0.4 is 11.1 Å². The molecule has 0 saturated heterocycles. The molecule has 0 aliphatic rings. The molecule has 0 atom stereocenters. The predicted octanol–water partition coefficient (Wildman–Crippen LogP) is 2.81. The van der Waals surface area contributed by atoms with Crippen LogP contribution in [-0.4, -0.2) is 22.4 Å². The van der Waals surface area contributed by atoms with E-state index in [4.69, 9.17) is 5.73 Å². The third-order valence-electron chi connectivity index (χ3n) is 2.93. The lowest BCUT2D eigenvalue weighted by Crippen LogP contribution is -2.03. The Labute approximate surface area is 122 Å². The van der Waals surface area contributed by atoms with Gasteiger partial charge in [-0.15, -0.1) is 0 Å². The van der Waals surface area contributed by atoms with E-state index in [0.29, 0.717) is 17.8 Å². The first-order valence-corrected chi connectivity index (χ1v) is 7.57. The van der Waals surface area contributed by atoms with Crippen molar-refractivity contribution in [2.45, 2.75) is 25.7 Å². The smallest absolute Gasteiger partial charge is 0.202 e. The molecule has 0 aliphatic carbocycles. The van der Waals surface area contributed by atoms with Gasteiger partial charge in [-0.3, -0.25) is 0 Å². The Morgan fingerprint density at radius 3 is 2.85 bits per heavy atom. The summed E-state index contributed by atoms with van der Waals surface area (Å²) in [5.74, 6) is 0.447. The lowest BCUT2D eigenvalue weighted by molar-refractivity contribution is 0.612. The number of nitrogens with zero attached hydrogens (tertiary/aromatic N) is 2. The van der Waals surface area contributed by atoms with Crippen LogP contribution in [0.5, 0.6) is 0 Å². The minimum Gasteiger partial charge on any atom is -0.360 e. The lowest BCUT2D eigenvalue weighted by Gasteiger charge is -2.01. The molecule has 1 aromatic heterocycles. The summed E-state index contributed by atoms with van der Waals surface area (Å²) in [4.78, 5) is 4.37. The van der Waals surface area contributed by atoms with Crippen LogP contribution in [0.3, 0.4) is 0 Å². The summed E-state index contributed by atoms with van der Waals surface area (Å²) in [7, 11) is 0. The molecule has 0 radical (unpaired) electrons. The standard InChI is InChI=1S/C14H19FN4S/c15-12-7-3-2-6-11(12)10-13-18-14(20-19-13)17-9-5-1-4-8-16/h2-3,6-7H,1,4-5,8-10,16H2,(H,17,18,19). The molecule has 0 saturated carbocycles. The van der Waals surface area contributed by atoms with Gasteiger partial charge >= 0.3 is 0 Å². The molecule has 0 unspecified atom stereocenters.